The van der Waals surface area contributed by atoms with Crippen LogP contribution in [0.3, 0.4) is 0 Å². The monoisotopic (exact) mass is 516 g/mol. The standard InChI is InChI=1S/C28H32N6O4/c1-28(2,3)38-32-23(20-7-6-8-22-25(20)37-16-36-22)17-9-12-19(13-10-17)33(4)26-24-21(34(5)27(35)31-26)14-11-18(15-29)30-24/h6-8,11,14,17,19H,9-10,12-13,16H2,1-5H3/b32-23+. The SMILES string of the molecule is CN(c1nc(=O)n(C)c2ccc(C#N)nc12)C1CCC(/C(=N\OC(C)(C)C)c2cccc3c2OCO3)CC1. The molecule has 3 heterocycles. The van der Waals surface area contributed by atoms with Crippen molar-refractivity contribution in [3.63, 3.8) is 0 Å². The summed E-state index contributed by atoms with van der Waals surface area (Å²) in [5, 5.41) is 14.0. The smallest absolute Gasteiger partial charge is 0.349 e. The van der Waals surface area contributed by atoms with E-state index in [1.165, 1.54) is 4.57 Å². The average Bonchev–Trinajstić information content (AvgIpc) is 3.39. The van der Waals surface area contributed by atoms with E-state index >= 15 is 0 Å². The maximum atomic E-state index is 12.6. The number of hydrogen-bond donors (Lipinski definition) is 0. The fraction of sp³-hybridized carbons (Fsp3) is 0.464. The van der Waals surface area contributed by atoms with Crippen molar-refractivity contribution in [2.24, 2.45) is 18.1 Å². The number of fused-ring (bicyclic) bond motifs is 2. The van der Waals surface area contributed by atoms with Crippen LogP contribution in [0.25, 0.3) is 11.0 Å². The van der Waals surface area contributed by atoms with Crippen molar-refractivity contribution >= 4 is 22.6 Å². The normalized spacial score (nSPS) is 19.3. The van der Waals surface area contributed by atoms with Gasteiger partial charge < -0.3 is 19.2 Å². The minimum atomic E-state index is -0.431. The minimum Gasteiger partial charge on any atom is -0.454 e. The maximum Gasteiger partial charge on any atom is 0.349 e. The molecule has 0 saturated heterocycles. The number of nitriles is 1. The third kappa shape index (κ3) is 4.88. The van der Waals surface area contributed by atoms with Crippen molar-refractivity contribution in [1.29, 1.82) is 5.26 Å². The zero-order valence-corrected chi connectivity index (χ0v) is 22.4. The van der Waals surface area contributed by atoms with E-state index < -0.39 is 5.60 Å². The lowest BCUT2D eigenvalue weighted by molar-refractivity contribution is -0.0000624. The molecule has 10 nitrogen and oxygen atoms in total. The average molecular weight is 517 g/mol. The second kappa shape index (κ2) is 9.97. The fourth-order valence-electron chi connectivity index (χ4n) is 5.09. The van der Waals surface area contributed by atoms with Crippen molar-refractivity contribution in [3.05, 3.63) is 52.1 Å². The highest BCUT2D eigenvalue weighted by Crippen LogP contribution is 2.40. The number of benzene rings is 1. The molecule has 0 radical (unpaired) electrons. The second-order valence-corrected chi connectivity index (χ2v) is 10.8. The molecule has 10 heteroatoms. The van der Waals surface area contributed by atoms with Gasteiger partial charge in [-0.2, -0.15) is 10.2 Å². The van der Waals surface area contributed by atoms with E-state index in [4.69, 9.17) is 14.3 Å². The van der Waals surface area contributed by atoms with Crippen LogP contribution in [0.5, 0.6) is 11.5 Å². The Kier molecular flexibility index (Phi) is 6.69. The molecular weight excluding hydrogens is 484 g/mol. The zero-order valence-electron chi connectivity index (χ0n) is 22.4. The molecule has 1 aromatic carbocycles. The predicted octanol–water partition coefficient (Wildman–Crippen LogP) is 4.14. The van der Waals surface area contributed by atoms with E-state index in [2.05, 4.69) is 21.2 Å². The van der Waals surface area contributed by atoms with Crippen molar-refractivity contribution in [2.75, 3.05) is 18.7 Å². The van der Waals surface area contributed by atoms with Crippen LogP contribution in [0.4, 0.5) is 5.82 Å². The van der Waals surface area contributed by atoms with Gasteiger partial charge in [0.15, 0.2) is 17.3 Å². The molecule has 38 heavy (non-hydrogen) atoms. The summed E-state index contributed by atoms with van der Waals surface area (Å²) < 4.78 is 12.9. The van der Waals surface area contributed by atoms with Gasteiger partial charge in [0.25, 0.3) is 0 Å². The van der Waals surface area contributed by atoms with Gasteiger partial charge in [0.05, 0.1) is 11.2 Å². The van der Waals surface area contributed by atoms with E-state index in [0.717, 1.165) is 37.0 Å². The Morgan fingerprint density at radius 2 is 1.92 bits per heavy atom. The summed E-state index contributed by atoms with van der Waals surface area (Å²) in [5.41, 5.74) is 2.46. The first-order chi connectivity index (χ1) is 18.2. The molecule has 0 N–H and O–H groups in total. The number of oxime groups is 1. The number of pyridine rings is 1. The number of para-hydroxylation sites is 1. The Balaban J connectivity index is 1.42. The third-order valence-electron chi connectivity index (χ3n) is 7.11. The van der Waals surface area contributed by atoms with Gasteiger partial charge in [-0.25, -0.2) is 9.78 Å². The number of aromatic nitrogens is 3. The molecular formula is C28H32N6O4. The van der Waals surface area contributed by atoms with Gasteiger partial charge in [-0.15, -0.1) is 0 Å². The van der Waals surface area contributed by atoms with E-state index in [1.807, 2.05) is 50.9 Å². The first-order valence-electron chi connectivity index (χ1n) is 12.8. The quantitative estimate of drug-likeness (QED) is 0.367. The molecule has 2 aliphatic rings. The number of rotatable bonds is 5. The lowest BCUT2D eigenvalue weighted by atomic mass is 9.80. The molecule has 0 atom stereocenters. The summed E-state index contributed by atoms with van der Waals surface area (Å²) in [6.07, 6.45) is 3.45. The van der Waals surface area contributed by atoms with Crippen molar-refractivity contribution in [2.45, 2.75) is 58.1 Å². The van der Waals surface area contributed by atoms with Crippen LogP contribution >= 0.6 is 0 Å². The van der Waals surface area contributed by atoms with Gasteiger partial charge in [-0.1, -0.05) is 11.2 Å². The van der Waals surface area contributed by atoms with Gasteiger partial charge in [-0.3, -0.25) is 4.57 Å². The summed E-state index contributed by atoms with van der Waals surface area (Å²) in [4.78, 5) is 29.4. The van der Waals surface area contributed by atoms with E-state index in [-0.39, 0.29) is 30.1 Å². The second-order valence-electron chi connectivity index (χ2n) is 10.8. The molecule has 0 unspecified atom stereocenters. The highest BCUT2D eigenvalue weighted by molar-refractivity contribution is 6.05. The Morgan fingerprint density at radius 1 is 1.16 bits per heavy atom. The third-order valence-corrected chi connectivity index (χ3v) is 7.11. The van der Waals surface area contributed by atoms with Crippen molar-refractivity contribution < 1.29 is 14.3 Å². The Hall–Kier alpha value is -4.13. The molecule has 1 aliphatic heterocycles. The molecule has 198 valence electrons. The van der Waals surface area contributed by atoms with Crippen molar-refractivity contribution in [1.82, 2.24) is 14.5 Å². The first-order valence-corrected chi connectivity index (χ1v) is 12.8. The lowest BCUT2D eigenvalue weighted by Crippen LogP contribution is -2.39. The summed E-state index contributed by atoms with van der Waals surface area (Å²) in [7, 11) is 3.61. The maximum absolute atomic E-state index is 12.6. The van der Waals surface area contributed by atoms with Gasteiger partial charge in [0, 0.05) is 31.6 Å². The Bertz CT molecular complexity index is 1490. The number of aryl methyl sites for hydroxylation is 1. The molecule has 0 spiro atoms. The first kappa shape index (κ1) is 25.5. The summed E-state index contributed by atoms with van der Waals surface area (Å²) in [6, 6.07) is 11.4. The largest absolute Gasteiger partial charge is 0.454 e. The number of anilines is 1. The molecule has 3 aromatic rings. The van der Waals surface area contributed by atoms with Crippen LogP contribution in [-0.4, -0.2) is 45.7 Å². The lowest BCUT2D eigenvalue weighted by Gasteiger charge is -2.36. The summed E-state index contributed by atoms with van der Waals surface area (Å²) >= 11 is 0. The molecule has 0 amide bonds. The van der Waals surface area contributed by atoms with E-state index in [0.29, 0.717) is 28.4 Å². The van der Waals surface area contributed by atoms with Crippen LogP contribution < -0.4 is 20.1 Å². The number of nitrogens with zero attached hydrogens (tertiary/aromatic N) is 6. The number of hydrogen-bond acceptors (Lipinski definition) is 9. The highest BCUT2D eigenvalue weighted by atomic mass is 16.7. The van der Waals surface area contributed by atoms with Gasteiger partial charge in [0.2, 0.25) is 6.79 Å². The molecule has 1 fully saturated rings. The predicted molar refractivity (Wildman–Crippen MR) is 144 cm³/mol. The molecule has 1 aliphatic carbocycles. The number of ether oxygens (including phenoxy) is 2. The van der Waals surface area contributed by atoms with E-state index in [9.17, 15) is 10.1 Å². The summed E-state index contributed by atoms with van der Waals surface area (Å²) in [5.74, 6) is 2.08. The molecule has 0 bridgehead atoms. The Morgan fingerprint density at radius 3 is 2.63 bits per heavy atom. The van der Waals surface area contributed by atoms with Crippen LogP contribution in [0.2, 0.25) is 0 Å². The fourth-order valence-corrected chi connectivity index (χ4v) is 5.09. The van der Waals surface area contributed by atoms with Crippen LogP contribution in [0, 0.1) is 17.2 Å². The minimum absolute atomic E-state index is 0.146. The van der Waals surface area contributed by atoms with Crippen molar-refractivity contribution in [3.8, 4) is 17.6 Å². The van der Waals surface area contributed by atoms with E-state index in [1.54, 1.807) is 19.2 Å². The topological polar surface area (TPSA) is 115 Å². The zero-order chi connectivity index (χ0) is 27.0. The molecule has 1 saturated carbocycles. The Labute approximate surface area is 221 Å². The molecule has 2 aromatic heterocycles. The van der Waals surface area contributed by atoms with Crippen LogP contribution in [0.15, 0.2) is 40.3 Å². The molecule has 5 rings (SSSR count). The van der Waals surface area contributed by atoms with Gasteiger partial charge >= 0.3 is 5.69 Å². The highest BCUT2D eigenvalue weighted by Gasteiger charge is 2.33. The summed E-state index contributed by atoms with van der Waals surface area (Å²) in [6.45, 7) is 6.11. The van der Waals surface area contributed by atoms with Gasteiger partial charge in [0.1, 0.15) is 22.9 Å². The van der Waals surface area contributed by atoms with Crippen LogP contribution in [0.1, 0.15) is 57.7 Å². The van der Waals surface area contributed by atoms with Gasteiger partial charge in [-0.05, 0) is 70.7 Å². The van der Waals surface area contributed by atoms with Crippen LogP contribution in [-0.2, 0) is 11.9 Å².